The van der Waals surface area contributed by atoms with Crippen LogP contribution in [0.3, 0.4) is 0 Å². The lowest BCUT2D eigenvalue weighted by Gasteiger charge is -2.43. The van der Waals surface area contributed by atoms with E-state index in [1.807, 2.05) is 44.2 Å². The number of carbonyl (C=O) groups excluding carboxylic acids is 2. The number of ketones is 1. The number of carbonyl (C=O) groups is 2. The molecular formula is C17H22O3. The molecule has 2 rings (SSSR count). The molecule has 0 saturated heterocycles. The van der Waals surface area contributed by atoms with Gasteiger partial charge in [0.25, 0.3) is 0 Å². The zero-order valence-electron chi connectivity index (χ0n) is 12.4. The van der Waals surface area contributed by atoms with Gasteiger partial charge >= 0.3 is 5.97 Å². The van der Waals surface area contributed by atoms with Crippen molar-refractivity contribution >= 4 is 11.8 Å². The maximum Gasteiger partial charge on any atom is 0.316 e. The molecule has 1 aliphatic carbocycles. The van der Waals surface area contributed by atoms with Crippen molar-refractivity contribution in [3.8, 4) is 0 Å². The van der Waals surface area contributed by atoms with Crippen molar-refractivity contribution in [1.82, 2.24) is 0 Å². The van der Waals surface area contributed by atoms with E-state index >= 15 is 0 Å². The van der Waals surface area contributed by atoms with Gasteiger partial charge in [0.15, 0.2) is 5.78 Å². The van der Waals surface area contributed by atoms with Gasteiger partial charge < -0.3 is 4.74 Å². The lowest BCUT2D eigenvalue weighted by Crippen LogP contribution is -2.49. The topological polar surface area (TPSA) is 43.4 Å². The second-order valence-corrected chi connectivity index (χ2v) is 5.91. The summed E-state index contributed by atoms with van der Waals surface area (Å²) in [4.78, 5) is 25.0. The first-order chi connectivity index (χ1) is 9.53. The van der Waals surface area contributed by atoms with Crippen LogP contribution < -0.4 is 0 Å². The van der Waals surface area contributed by atoms with Gasteiger partial charge in [-0.1, -0.05) is 50.6 Å². The molecule has 0 aliphatic heterocycles. The first kappa shape index (κ1) is 14.8. The lowest BCUT2D eigenvalue weighted by atomic mass is 9.58. The molecule has 0 radical (unpaired) electrons. The molecule has 108 valence electrons. The zero-order chi connectivity index (χ0) is 14.8. The predicted molar refractivity (Wildman–Crippen MR) is 77.3 cm³/mol. The van der Waals surface area contributed by atoms with Crippen molar-refractivity contribution < 1.29 is 14.3 Å². The normalized spacial score (nSPS) is 18.2. The Bertz CT molecular complexity index is 486. The molecule has 0 bridgehead atoms. The molecular weight excluding hydrogens is 252 g/mol. The summed E-state index contributed by atoms with van der Waals surface area (Å²) in [5.74, 6) is -1.10. The summed E-state index contributed by atoms with van der Waals surface area (Å²) < 4.78 is 4.83. The van der Waals surface area contributed by atoms with Crippen LogP contribution in [-0.4, -0.2) is 18.9 Å². The third kappa shape index (κ3) is 2.37. The van der Waals surface area contributed by atoms with Gasteiger partial charge in [-0.2, -0.15) is 0 Å². The van der Waals surface area contributed by atoms with Gasteiger partial charge in [-0.3, -0.25) is 9.59 Å². The van der Waals surface area contributed by atoms with Crippen LogP contribution in [-0.2, 0) is 19.7 Å². The van der Waals surface area contributed by atoms with Crippen LogP contribution in [0.15, 0.2) is 30.3 Å². The summed E-state index contributed by atoms with van der Waals surface area (Å²) in [6, 6.07) is 9.83. The molecule has 0 heterocycles. The molecule has 1 aliphatic rings. The van der Waals surface area contributed by atoms with Crippen LogP contribution in [0.5, 0.6) is 0 Å². The fourth-order valence-electron chi connectivity index (χ4n) is 3.07. The van der Waals surface area contributed by atoms with Crippen molar-refractivity contribution in [2.45, 2.75) is 38.5 Å². The Morgan fingerprint density at radius 1 is 1.15 bits per heavy atom. The van der Waals surface area contributed by atoms with E-state index in [9.17, 15) is 9.59 Å². The summed E-state index contributed by atoms with van der Waals surface area (Å²) in [7, 11) is 1.35. The number of hydrogen-bond donors (Lipinski definition) is 0. The van der Waals surface area contributed by atoms with Crippen molar-refractivity contribution in [3.05, 3.63) is 35.9 Å². The first-order valence-corrected chi connectivity index (χ1v) is 7.20. The molecule has 0 amide bonds. The van der Waals surface area contributed by atoms with Crippen molar-refractivity contribution in [1.29, 1.82) is 0 Å². The van der Waals surface area contributed by atoms with Gasteiger partial charge in [0.05, 0.1) is 12.5 Å². The summed E-state index contributed by atoms with van der Waals surface area (Å²) in [6.07, 6.45) is 2.69. The van der Waals surface area contributed by atoms with E-state index < -0.39 is 17.3 Å². The largest absolute Gasteiger partial charge is 0.468 e. The number of Topliss-reactive ketones (excluding diaryl/α,β-unsaturated/α-hetero) is 1. The van der Waals surface area contributed by atoms with E-state index in [2.05, 4.69) is 0 Å². The van der Waals surface area contributed by atoms with Crippen LogP contribution in [0, 0.1) is 11.8 Å². The van der Waals surface area contributed by atoms with Crippen LogP contribution in [0.25, 0.3) is 0 Å². The second kappa shape index (κ2) is 5.78. The summed E-state index contributed by atoms with van der Waals surface area (Å²) in [5, 5.41) is 0. The average molecular weight is 274 g/mol. The number of ether oxygens (including phenoxy) is 1. The molecule has 0 N–H and O–H groups in total. The highest BCUT2D eigenvalue weighted by atomic mass is 16.5. The molecule has 1 unspecified atom stereocenters. The van der Waals surface area contributed by atoms with Gasteiger partial charge in [-0.15, -0.1) is 0 Å². The van der Waals surface area contributed by atoms with Crippen molar-refractivity contribution in [3.63, 3.8) is 0 Å². The van der Waals surface area contributed by atoms with Gasteiger partial charge in [-0.25, -0.2) is 0 Å². The highest BCUT2D eigenvalue weighted by Gasteiger charge is 2.50. The molecule has 1 saturated carbocycles. The fourth-order valence-corrected chi connectivity index (χ4v) is 3.07. The van der Waals surface area contributed by atoms with E-state index in [4.69, 9.17) is 4.74 Å². The maximum absolute atomic E-state index is 13.0. The minimum absolute atomic E-state index is 0.0248. The Balaban J connectivity index is 2.36. The minimum atomic E-state index is -0.666. The van der Waals surface area contributed by atoms with E-state index in [0.717, 1.165) is 24.8 Å². The SMILES string of the molecule is COC(=O)C(C(=O)C1(c2ccccc2)CCC1)C(C)C. The summed E-state index contributed by atoms with van der Waals surface area (Å²) in [5.41, 5.74) is 0.551. The molecule has 0 spiro atoms. The maximum atomic E-state index is 13.0. The number of methoxy groups -OCH3 is 1. The fraction of sp³-hybridized carbons (Fsp3) is 0.529. The lowest BCUT2D eigenvalue weighted by molar-refractivity contribution is -0.154. The average Bonchev–Trinajstić information content (AvgIpc) is 2.38. The van der Waals surface area contributed by atoms with E-state index in [1.165, 1.54) is 7.11 Å². The Morgan fingerprint density at radius 3 is 2.15 bits per heavy atom. The Kier molecular flexibility index (Phi) is 4.26. The van der Waals surface area contributed by atoms with Gasteiger partial charge in [0, 0.05) is 0 Å². The number of hydrogen-bond acceptors (Lipinski definition) is 3. The van der Waals surface area contributed by atoms with Gasteiger partial charge in [0.2, 0.25) is 0 Å². The molecule has 1 aromatic rings. The van der Waals surface area contributed by atoms with E-state index in [1.54, 1.807) is 0 Å². The van der Waals surface area contributed by atoms with E-state index in [-0.39, 0.29) is 11.7 Å². The van der Waals surface area contributed by atoms with Crippen LogP contribution in [0.1, 0.15) is 38.7 Å². The monoisotopic (exact) mass is 274 g/mol. The molecule has 3 heteroatoms. The van der Waals surface area contributed by atoms with Crippen LogP contribution in [0.2, 0.25) is 0 Å². The number of esters is 1. The Labute approximate surface area is 120 Å². The summed E-state index contributed by atoms with van der Waals surface area (Å²) >= 11 is 0. The number of rotatable bonds is 5. The first-order valence-electron chi connectivity index (χ1n) is 7.20. The highest BCUT2D eigenvalue weighted by molar-refractivity contribution is 6.05. The van der Waals surface area contributed by atoms with Crippen LogP contribution >= 0.6 is 0 Å². The van der Waals surface area contributed by atoms with Gasteiger partial charge in [-0.05, 0) is 24.3 Å². The minimum Gasteiger partial charge on any atom is -0.468 e. The zero-order valence-corrected chi connectivity index (χ0v) is 12.4. The smallest absolute Gasteiger partial charge is 0.316 e. The Morgan fingerprint density at radius 2 is 1.75 bits per heavy atom. The molecule has 3 nitrogen and oxygen atoms in total. The third-order valence-corrected chi connectivity index (χ3v) is 4.41. The van der Waals surface area contributed by atoms with Crippen molar-refractivity contribution in [2.24, 2.45) is 11.8 Å². The molecule has 1 fully saturated rings. The summed E-state index contributed by atoms with van der Waals surface area (Å²) in [6.45, 7) is 3.80. The van der Waals surface area contributed by atoms with Crippen LogP contribution in [0.4, 0.5) is 0 Å². The van der Waals surface area contributed by atoms with E-state index in [0.29, 0.717) is 0 Å². The highest BCUT2D eigenvalue weighted by Crippen LogP contribution is 2.46. The molecule has 0 aromatic heterocycles. The standard InChI is InChI=1S/C17H22O3/c1-12(2)14(16(19)20-3)15(18)17(10-7-11-17)13-8-5-4-6-9-13/h4-6,8-9,12,14H,7,10-11H2,1-3H3. The molecule has 1 aromatic carbocycles. The van der Waals surface area contributed by atoms with Gasteiger partial charge in [0.1, 0.15) is 5.92 Å². The number of benzene rings is 1. The Hall–Kier alpha value is -1.64. The second-order valence-electron chi connectivity index (χ2n) is 5.91. The third-order valence-electron chi connectivity index (χ3n) is 4.41. The predicted octanol–water partition coefficient (Wildman–Crippen LogP) is 3.12. The molecule has 1 atom stereocenters. The van der Waals surface area contributed by atoms with Crippen molar-refractivity contribution in [2.75, 3.05) is 7.11 Å². The quantitative estimate of drug-likeness (QED) is 0.612. The molecule has 20 heavy (non-hydrogen) atoms.